The van der Waals surface area contributed by atoms with Crippen LogP contribution in [0.4, 0.5) is 13.2 Å². The minimum atomic E-state index is -4.54. The van der Waals surface area contributed by atoms with Crippen LogP contribution in [0, 0.1) is 0 Å². The number of carbonyl (C=O) groups is 1. The van der Waals surface area contributed by atoms with Crippen LogP contribution in [-0.2, 0) is 17.1 Å². The third-order valence-corrected chi connectivity index (χ3v) is 4.44. The number of halogens is 4. The fraction of sp³-hybridized carbons (Fsp3) is 0.583. The molecule has 1 aromatic rings. The highest BCUT2D eigenvalue weighted by Crippen LogP contribution is 2.15. The molecule has 1 rings (SSSR count). The van der Waals surface area contributed by atoms with Crippen molar-refractivity contribution in [2.75, 3.05) is 20.1 Å². The van der Waals surface area contributed by atoms with Gasteiger partial charge in [-0.15, -0.1) is 12.4 Å². The number of aromatic nitrogens is 1. The lowest BCUT2D eigenvalue weighted by molar-refractivity contribution is -0.123. The third kappa shape index (κ3) is 6.67. The van der Waals surface area contributed by atoms with Crippen molar-refractivity contribution in [1.82, 2.24) is 19.9 Å². The lowest BCUT2D eigenvalue weighted by Gasteiger charge is -2.10. The van der Waals surface area contributed by atoms with Crippen LogP contribution in [0.25, 0.3) is 0 Å². The number of hydrogen-bond donors (Lipinski definition) is 3. The molecule has 1 heterocycles. The van der Waals surface area contributed by atoms with E-state index in [1.807, 2.05) is 0 Å². The summed E-state index contributed by atoms with van der Waals surface area (Å²) in [5.41, 5.74) is -0.184. The molecule has 0 aliphatic heterocycles. The number of nitrogens with zero attached hydrogens (tertiary/aromatic N) is 1. The fourth-order valence-corrected chi connectivity index (χ4v) is 2.80. The van der Waals surface area contributed by atoms with E-state index in [-0.39, 0.29) is 35.6 Å². The predicted molar refractivity (Wildman–Crippen MR) is 84.8 cm³/mol. The van der Waals surface area contributed by atoms with Crippen LogP contribution < -0.4 is 15.4 Å². The SMILES string of the molecule is CNC(C)CNS(=O)(=O)c1cc(C(=O)NCC(F)(F)F)n(C)c1.Cl. The number of amides is 1. The Morgan fingerprint density at radius 1 is 1.38 bits per heavy atom. The summed E-state index contributed by atoms with van der Waals surface area (Å²) in [5.74, 6) is -1.00. The molecule has 0 aromatic carbocycles. The van der Waals surface area contributed by atoms with Crippen molar-refractivity contribution in [3.63, 3.8) is 0 Å². The lowest BCUT2D eigenvalue weighted by atomic mass is 10.4. The number of nitrogens with one attached hydrogen (secondary N) is 3. The topological polar surface area (TPSA) is 92.2 Å². The predicted octanol–water partition coefficient (Wildman–Crippen LogP) is 0.625. The van der Waals surface area contributed by atoms with E-state index in [0.29, 0.717) is 0 Å². The van der Waals surface area contributed by atoms with Crippen LogP contribution in [0.1, 0.15) is 17.4 Å². The van der Waals surface area contributed by atoms with Crippen LogP contribution >= 0.6 is 12.4 Å². The Bertz CT molecular complexity index is 661. The molecule has 1 atom stereocenters. The zero-order valence-electron chi connectivity index (χ0n) is 13.3. The van der Waals surface area contributed by atoms with Gasteiger partial charge >= 0.3 is 6.18 Å². The summed E-state index contributed by atoms with van der Waals surface area (Å²) in [6.07, 6.45) is -3.38. The van der Waals surface area contributed by atoms with Crippen LogP contribution in [0.5, 0.6) is 0 Å². The first-order valence-electron chi connectivity index (χ1n) is 6.64. The Kier molecular flexibility index (Phi) is 8.22. The molecule has 0 bridgehead atoms. The summed E-state index contributed by atoms with van der Waals surface area (Å²) in [5, 5.41) is 4.55. The van der Waals surface area contributed by atoms with E-state index in [2.05, 4.69) is 10.0 Å². The quantitative estimate of drug-likeness (QED) is 0.634. The highest BCUT2D eigenvalue weighted by molar-refractivity contribution is 7.89. The molecule has 140 valence electrons. The number of alkyl halides is 3. The largest absolute Gasteiger partial charge is 0.405 e. The molecule has 3 N–H and O–H groups in total. The zero-order chi connectivity index (χ0) is 17.8. The fourth-order valence-electron chi connectivity index (χ4n) is 1.60. The van der Waals surface area contributed by atoms with E-state index in [4.69, 9.17) is 0 Å². The Labute approximate surface area is 144 Å². The monoisotopic (exact) mass is 392 g/mol. The van der Waals surface area contributed by atoms with Crippen LogP contribution in [-0.4, -0.2) is 51.2 Å². The highest BCUT2D eigenvalue weighted by Gasteiger charge is 2.29. The molecule has 0 saturated carbocycles. The number of aryl methyl sites for hydroxylation is 1. The second-order valence-electron chi connectivity index (χ2n) is 5.01. The second kappa shape index (κ2) is 8.70. The molecule has 0 aliphatic carbocycles. The van der Waals surface area contributed by atoms with E-state index < -0.39 is 28.7 Å². The van der Waals surface area contributed by atoms with Crippen LogP contribution in [0.15, 0.2) is 17.2 Å². The zero-order valence-corrected chi connectivity index (χ0v) is 14.9. The normalized spacial score (nSPS) is 13.2. The lowest BCUT2D eigenvalue weighted by Crippen LogP contribution is -2.37. The van der Waals surface area contributed by atoms with Crippen LogP contribution in [0.3, 0.4) is 0 Å². The van der Waals surface area contributed by atoms with Gasteiger partial charge in [-0.25, -0.2) is 13.1 Å². The molecule has 0 saturated heterocycles. The van der Waals surface area contributed by atoms with Crippen LogP contribution in [0.2, 0.25) is 0 Å². The van der Waals surface area contributed by atoms with Gasteiger partial charge < -0.3 is 15.2 Å². The Hall–Kier alpha value is -1.30. The maximum Gasteiger partial charge on any atom is 0.405 e. The van der Waals surface area contributed by atoms with Gasteiger partial charge in [-0.05, 0) is 20.0 Å². The Morgan fingerprint density at radius 3 is 2.46 bits per heavy atom. The van der Waals surface area contributed by atoms with E-state index in [1.54, 1.807) is 19.3 Å². The summed E-state index contributed by atoms with van der Waals surface area (Å²) in [6, 6.07) is 0.918. The average molecular weight is 393 g/mol. The molecule has 0 aliphatic rings. The number of hydrogen-bond acceptors (Lipinski definition) is 4. The standard InChI is InChI=1S/C12H19F3N4O3S.ClH/c1-8(16-2)5-18-23(21,22)9-4-10(19(3)6-9)11(20)17-7-12(13,14)15;/h4,6,8,16,18H,5,7H2,1-3H3,(H,17,20);1H. The third-order valence-electron chi connectivity index (χ3n) is 3.04. The summed E-state index contributed by atoms with van der Waals surface area (Å²) in [6.45, 7) is 0.407. The first kappa shape index (κ1) is 22.7. The molecule has 24 heavy (non-hydrogen) atoms. The maximum atomic E-state index is 12.1. The van der Waals surface area contributed by atoms with Gasteiger partial charge in [-0.3, -0.25) is 4.79 Å². The van der Waals surface area contributed by atoms with Crippen molar-refractivity contribution in [1.29, 1.82) is 0 Å². The van der Waals surface area contributed by atoms with Gasteiger partial charge in [0.1, 0.15) is 17.1 Å². The van der Waals surface area contributed by atoms with Crippen molar-refractivity contribution in [3.05, 3.63) is 18.0 Å². The number of carbonyl (C=O) groups excluding carboxylic acids is 1. The van der Waals surface area contributed by atoms with E-state index in [1.165, 1.54) is 7.05 Å². The van der Waals surface area contributed by atoms with E-state index in [0.717, 1.165) is 16.8 Å². The molecule has 0 fully saturated rings. The minimum absolute atomic E-state index is 0. The number of rotatable bonds is 7. The number of sulfonamides is 1. The molecular weight excluding hydrogens is 373 g/mol. The molecule has 1 unspecified atom stereocenters. The van der Waals surface area contributed by atoms with E-state index in [9.17, 15) is 26.4 Å². The van der Waals surface area contributed by atoms with E-state index >= 15 is 0 Å². The average Bonchev–Trinajstić information content (AvgIpc) is 2.84. The smallest absolute Gasteiger partial charge is 0.345 e. The summed E-state index contributed by atoms with van der Waals surface area (Å²) in [4.78, 5) is 11.5. The first-order valence-corrected chi connectivity index (χ1v) is 8.13. The van der Waals surface area contributed by atoms with Crippen molar-refractivity contribution in [3.8, 4) is 0 Å². The first-order chi connectivity index (χ1) is 10.5. The summed E-state index contributed by atoms with van der Waals surface area (Å²) >= 11 is 0. The molecule has 1 amide bonds. The van der Waals surface area contributed by atoms with Gasteiger partial charge in [-0.2, -0.15) is 13.2 Å². The molecular formula is C12H20ClF3N4O3S. The molecule has 12 heteroatoms. The van der Waals surface area contributed by atoms with Gasteiger partial charge in [0.05, 0.1) is 0 Å². The highest BCUT2D eigenvalue weighted by atomic mass is 35.5. The summed E-state index contributed by atoms with van der Waals surface area (Å²) in [7, 11) is -0.813. The number of likely N-dealkylation sites (N-methyl/N-ethyl adjacent to an activating group) is 1. The Morgan fingerprint density at radius 2 is 1.96 bits per heavy atom. The van der Waals surface area contributed by atoms with Crippen molar-refractivity contribution in [2.45, 2.75) is 24.0 Å². The second-order valence-corrected chi connectivity index (χ2v) is 6.78. The maximum absolute atomic E-state index is 12.1. The molecule has 0 radical (unpaired) electrons. The molecule has 7 nitrogen and oxygen atoms in total. The Balaban J connectivity index is 0.00000529. The van der Waals surface area contributed by atoms with Crippen molar-refractivity contribution < 1.29 is 26.4 Å². The molecule has 1 aromatic heterocycles. The van der Waals surface area contributed by atoms with Gasteiger partial charge in [0.2, 0.25) is 10.0 Å². The van der Waals surface area contributed by atoms with Gasteiger partial charge in [0.25, 0.3) is 5.91 Å². The summed E-state index contributed by atoms with van der Waals surface area (Å²) < 4.78 is 64.0. The molecule has 0 spiro atoms. The van der Waals surface area contributed by atoms with Gasteiger partial charge in [-0.1, -0.05) is 0 Å². The van der Waals surface area contributed by atoms with Crippen molar-refractivity contribution >= 4 is 28.3 Å². The minimum Gasteiger partial charge on any atom is -0.345 e. The van der Waals surface area contributed by atoms with Crippen molar-refractivity contribution in [2.24, 2.45) is 7.05 Å². The van der Waals surface area contributed by atoms with Gasteiger partial charge in [0, 0.05) is 25.8 Å². The van der Waals surface area contributed by atoms with Gasteiger partial charge in [0.15, 0.2) is 0 Å².